The molecule has 3 aromatic rings. The van der Waals surface area contributed by atoms with E-state index in [1.54, 1.807) is 17.0 Å². The van der Waals surface area contributed by atoms with Crippen LogP contribution in [0.1, 0.15) is 30.2 Å². The molecule has 0 radical (unpaired) electrons. The fraction of sp³-hybridized carbons (Fsp3) is 0.391. The zero-order chi connectivity index (χ0) is 22.7. The van der Waals surface area contributed by atoms with Crippen molar-refractivity contribution in [2.45, 2.75) is 26.4 Å². The van der Waals surface area contributed by atoms with Crippen molar-refractivity contribution in [1.82, 2.24) is 25.1 Å². The minimum atomic E-state index is -0.609. The third kappa shape index (κ3) is 4.72. The maximum Gasteiger partial charge on any atom is 0.287 e. The molecule has 1 saturated heterocycles. The summed E-state index contributed by atoms with van der Waals surface area (Å²) >= 11 is 0. The van der Waals surface area contributed by atoms with E-state index in [9.17, 15) is 9.59 Å². The zero-order valence-corrected chi connectivity index (χ0v) is 18.3. The number of piperazine rings is 1. The third-order valence-electron chi connectivity index (χ3n) is 5.69. The van der Waals surface area contributed by atoms with Crippen molar-refractivity contribution >= 4 is 28.5 Å². The van der Waals surface area contributed by atoms with Crippen LogP contribution in [0.25, 0.3) is 10.9 Å². The van der Waals surface area contributed by atoms with Crippen LogP contribution in [-0.2, 0) is 11.3 Å². The highest BCUT2D eigenvalue weighted by Gasteiger charge is 2.31. The smallest absolute Gasteiger partial charge is 0.287 e. The molecule has 1 aliphatic rings. The second-order valence-corrected chi connectivity index (χ2v) is 8.32. The molecule has 168 valence electrons. The average Bonchev–Trinajstić information content (AvgIpc) is 3.32. The Kier molecular flexibility index (Phi) is 6.36. The van der Waals surface area contributed by atoms with Gasteiger partial charge in [0.2, 0.25) is 5.91 Å². The quantitative estimate of drug-likeness (QED) is 0.606. The lowest BCUT2D eigenvalue weighted by Crippen LogP contribution is -2.56. The maximum absolute atomic E-state index is 13.1. The SMILES string of the molecule is CC(C)C(NC(=O)c1ccco1)C(=O)N1CCN(Cc2nc(N)c3ccccc3n2)CC1. The molecule has 2 aromatic heterocycles. The van der Waals surface area contributed by atoms with E-state index < -0.39 is 6.04 Å². The zero-order valence-electron chi connectivity index (χ0n) is 18.3. The molecule has 0 aliphatic carbocycles. The molecule has 0 bridgehead atoms. The van der Waals surface area contributed by atoms with Gasteiger partial charge in [-0.05, 0) is 30.2 Å². The summed E-state index contributed by atoms with van der Waals surface area (Å²) in [5.41, 5.74) is 6.93. The number of furan rings is 1. The molecule has 2 amide bonds. The van der Waals surface area contributed by atoms with E-state index in [2.05, 4.69) is 20.2 Å². The molecule has 32 heavy (non-hydrogen) atoms. The van der Waals surface area contributed by atoms with Crippen LogP contribution in [0.4, 0.5) is 5.82 Å². The van der Waals surface area contributed by atoms with Crippen LogP contribution in [0.3, 0.4) is 0 Å². The molecule has 1 fully saturated rings. The van der Waals surface area contributed by atoms with Gasteiger partial charge < -0.3 is 20.4 Å². The molecule has 0 saturated carbocycles. The van der Waals surface area contributed by atoms with Gasteiger partial charge in [-0.15, -0.1) is 0 Å². The Morgan fingerprint density at radius 2 is 1.84 bits per heavy atom. The number of rotatable bonds is 6. The molecular formula is C23H28N6O3. The van der Waals surface area contributed by atoms with Gasteiger partial charge in [-0.2, -0.15) is 0 Å². The number of nitrogen functional groups attached to an aromatic ring is 1. The first-order valence-corrected chi connectivity index (χ1v) is 10.8. The first-order chi connectivity index (χ1) is 15.4. The first-order valence-electron chi connectivity index (χ1n) is 10.8. The Hall–Kier alpha value is -3.46. The van der Waals surface area contributed by atoms with Crippen molar-refractivity contribution in [1.29, 1.82) is 0 Å². The van der Waals surface area contributed by atoms with Crippen LogP contribution < -0.4 is 11.1 Å². The van der Waals surface area contributed by atoms with Gasteiger partial charge in [0.05, 0.1) is 18.3 Å². The molecule has 3 N–H and O–H groups in total. The molecule has 1 aromatic carbocycles. The standard InChI is InChI=1S/C23H28N6O3/c1-15(2)20(27-22(30)18-8-5-13-32-18)23(31)29-11-9-28(10-12-29)14-19-25-17-7-4-3-6-16(17)21(24)26-19/h3-8,13,15,20H,9-12,14H2,1-2H3,(H,27,30)(H2,24,25,26). The van der Waals surface area contributed by atoms with E-state index in [1.807, 2.05) is 38.1 Å². The van der Waals surface area contributed by atoms with Crippen molar-refractivity contribution < 1.29 is 14.0 Å². The fourth-order valence-corrected chi connectivity index (χ4v) is 3.88. The Bertz CT molecular complexity index is 1090. The number of carbonyl (C=O) groups excluding carboxylic acids is 2. The highest BCUT2D eigenvalue weighted by Crippen LogP contribution is 2.18. The van der Waals surface area contributed by atoms with Crippen molar-refractivity contribution in [2.24, 2.45) is 5.92 Å². The lowest BCUT2D eigenvalue weighted by molar-refractivity contribution is -0.136. The Morgan fingerprint density at radius 1 is 1.09 bits per heavy atom. The van der Waals surface area contributed by atoms with E-state index in [4.69, 9.17) is 10.2 Å². The summed E-state index contributed by atoms with van der Waals surface area (Å²) in [7, 11) is 0. The minimum absolute atomic E-state index is 0.0478. The van der Waals surface area contributed by atoms with Crippen LogP contribution in [0.2, 0.25) is 0 Å². The normalized spacial score (nSPS) is 15.8. The van der Waals surface area contributed by atoms with E-state index in [0.717, 1.165) is 10.9 Å². The first kappa shape index (κ1) is 21.8. The largest absolute Gasteiger partial charge is 0.459 e. The van der Waals surface area contributed by atoms with Gasteiger partial charge in [0.1, 0.15) is 17.7 Å². The monoisotopic (exact) mass is 436 g/mol. The Morgan fingerprint density at radius 3 is 2.53 bits per heavy atom. The topological polar surface area (TPSA) is 118 Å². The number of benzene rings is 1. The summed E-state index contributed by atoms with van der Waals surface area (Å²) in [6.07, 6.45) is 1.44. The minimum Gasteiger partial charge on any atom is -0.459 e. The highest BCUT2D eigenvalue weighted by molar-refractivity contribution is 5.95. The number of amides is 2. The van der Waals surface area contributed by atoms with E-state index >= 15 is 0 Å². The van der Waals surface area contributed by atoms with Gasteiger partial charge in [-0.3, -0.25) is 14.5 Å². The summed E-state index contributed by atoms with van der Waals surface area (Å²) in [4.78, 5) is 38.6. The van der Waals surface area contributed by atoms with Crippen LogP contribution in [0.5, 0.6) is 0 Å². The number of nitrogens with one attached hydrogen (secondary N) is 1. The number of anilines is 1. The molecular weight excluding hydrogens is 408 g/mol. The number of fused-ring (bicyclic) bond motifs is 1. The van der Waals surface area contributed by atoms with Crippen molar-refractivity contribution in [3.8, 4) is 0 Å². The fourth-order valence-electron chi connectivity index (χ4n) is 3.88. The molecule has 9 heteroatoms. The number of aromatic nitrogens is 2. The number of para-hydroxylation sites is 1. The van der Waals surface area contributed by atoms with Gasteiger partial charge in [0.25, 0.3) is 5.91 Å². The number of nitrogens with two attached hydrogens (primary N) is 1. The summed E-state index contributed by atoms with van der Waals surface area (Å²) in [6, 6.07) is 10.3. The predicted octanol–water partition coefficient (Wildman–Crippen LogP) is 1.90. The van der Waals surface area contributed by atoms with Crippen LogP contribution in [0, 0.1) is 5.92 Å². The van der Waals surface area contributed by atoms with Gasteiger partial charge in [0.15, 0.2) is 5.76 Å². The lowest BCUT2D eigenvalue weighted by atomic mass is 10.0. The Balaban J connectivity index is 1.36. The number of carbonyl (C=O) groups is 2. The number of hydrogen-bond acceptors (Lipinski definition) is 7. The van der Waals surface area contributed by atoms with Crippen molar-refractivity contribution in [3.63, 3.8) is 0 Å². The number of nitrogens with zero attached hydrogens (tertiary/aromatic N) is 4. The van der Waals surface area contributed by atoms with Gasteiger partial charge >= 0.3 is 0 Å². The van der Waals surface area contributed by atoms with E-state index in [-0.39, 0.29) is 23.5 Å². The molecule has 0 spiro atoms. The second-order valence-electron chi connectivity index (χ2n) is 8.32. The summed E-state index contributed by atoms with van der Waals surface area (Å²) < 4.78 is 5.14. The predicted molar refractivity (Wildman–Crippen MR) is 121 cm³/mol. The summed E-state index contributed by atoms with van der Waals surface area (Å²) in [5.74, 6) is 0.840. The van der Waals surface area contributed by atoms with Crippen molar-refractivity contribution in [3.05, 3.63) is 54.2 Å². The second kappa shape index (κ2) is 9.35. The molecule has 1 atom stereocenters. The van der Waals surface area contributed by atoms with Crippen LogP contribution in [0.15, 0.2) is 47.1 Å². The van der Waals surface area contributed by atoms with Crippen LogP contribution >= 0.6 is 0 Å². The highest BCUT2D eigenvalue weighted by atomic mass is 16.3. The van der Waals surface area contributed by atoms with Gasteiger partial charge in [0, 0.05) is 31.6 Å². The Labute approximate surface area is 186 Å². The molecule has 4 rings (SSSR count). The molecule has 1 unspecified atom stereocenters. The molecule has 9 nitrogen and oxygen atoms in total. The van der Waals surface area contributed by atoms with Crippen molar-refractivity contribution in [2.75, 3.05) is 31.9 Å². The lowest BCUT2D eigenvalue weighted by Gasteiger charge is -2.37. The van der Waals surface area contributed by atoms with Gasteiger partial charge in [-0.25, -0.2) is 9.97 Å². The van der Waals surface area contributed by atoms with Crippen LogP contribution in [-0.4, -0.2) is 63.8 Å². The van der Waals surface area contributed by atoms with Gasteiger partial charge in [-0.1, -0.05) is 26.0 Å². The third-order valence-corrected chi connectivity index (χ3v) is 5.69. The summed E-state index contributed by atoms with van der Waals surface area (Å²) in [5, 5.41) is 3.67. The maximum atomic E-state index is 13.1. The van der Waals surface area contributed by atoms with E-state index in [1.165, 1.54) is 6.26 Å². The summed E-state index contributed by atoms with van der Waals surface area (Å²) in [6.45, 7) is 6.94. The number of hydrogen-bond donors (Lipinski definition) is 2. The average molecular weight is 437 g/mol. The molecule has 3 heterocycles. The molecule has 1 aliphatic heterocycles. The van der Waals surface area contributed by atoms with E-state index in [0.29, 0.717) is 44.4 Å².